The SMILES string of the molecule is CC(C)(C)S(=O)N[C@H](Cc1cc(F)c(F)cc1F)C1CCNCC1. The Bertz CT molecular complexity index is 598. The zero-order valence-corrected chi connectivity index (χ0v) is 15.1. The van der Waals surface area contributed by atoms with E-state index >= 15 is 0 Å². The smallest absolute Gasteiger partial charge is 0.161 e. The van der Waals surface area contributed by atoms with E-state index in [0.717, 1.165) is 32.0 Å². The van der Waals surface area contributed by atoms with Crippen molar-refractivity contribution in [1.29, 1.82) is 0 Å². The van der Waals surface area contributed by atoms with Crippen LogP contribution in [-0.2, 0) is 17.4 Å². The molecule has 136 valence electrons. The van der Waals surface area contributed by atoms with Crippen LogP contribution < -0.4 is 10.0 Å². The fourth-order valence-electron chi connectivity index (χ4n) is 2.82. The minimum absolute atomic E-state index is 0.107. The van der Waals surface area contributed by atoms with Crippen LogP contribution in [0.15, 0.2) is 12.1 Å². The van der Waals surface area contributed by atoms with E-state index in [2.05, 4.69) is 10.0 Å². The molecule has 0 spiro atoms. The topological polar surface area (TPSA) is 41.1 Å². The van der Waals surface area contributed by atoms with Crippen molar-refractivity contribution >= 4 is 11.0 Å². The second kappa shape index (κ2) is 7.97. The molecular formula is C17H25F3N2OS. The van der Waals surface area contributed by atoms with Crippen molar-refractivity contribution in [3.8, 4) is 0 Å². The third-order valence-electron chi connectivity index (χ3n) is 4.30. The molecule has 1 aromatic rings. The van der Waals surface area contributed by atoms with Gasteiger partial charge in [0.2, 0.25) is 0 Å². The molecule has 0 radical (unpaired) electrons. The van der Waals surface area contributed by atoms with Crippen LogP contribution in [0, 0.1) is 23.4 Å². The summed E-state index contributed by atoms with van der Waals surface area (Å²) in [5.74, 6) is -2.82. The van der Waals surface area contributed by atoms with Crippen molar-refractivity contribution in [1.82, 2.24) is 10.0 Å². The second-order valence-electron chi connectivity index (χ2n) is 7.25. The Labute approximate surface area is 144 Å². The van der Waals surface area contributed by atoms with Crippen molar-refractivity contribution in [2.45, 2.75) is 50.8 Å². The molecule has 7 heteroatoms. The zero-order valence-electron chi connectivity index (χ0n) is 14.3. The van der Waals surface area contributed by atoms with Crippen LogP contribution in [0.5, 0.6) is 0 Å². The average Bonchev–Trinajstić information content (AvgIpc) is 2.51. The predicted molar refractivity (Wildman–Crippen MR) is 90.4 cm³/mol. The Morgan fingerprint density at radius 3 is 2.33 bits per heavy atom. The molecule has 3 nitrogen and oxygen atoms in total. The highest BCUT2D eigenvalue weighted by Crippen LogP contribution is 2.24. The highest BCUT2D eigenvalue weighted by molar-refractivity contribution is 7.84. The lowest BCUT2D eigenvalue weighted by Gasteiger charge is -2.33. The van der Waals surface area contributed by atoms with Gasteiger partial charge in [0.1, 0.15) is 5.82 Å². The molecular weight excluding hydrogens is 337 g/mol. The molecule has 1 heterocycles. The summed E-state index contributed by atoms with van der Waals surface area (Å²) >= 11 is 0. The molecule has 1 aliphatic rings. The third kappa shape index (κ3) is 5.04. The van der Waals surface area contributed by atoms with Gasteiger partial charge >= 0.3 is 0 Å². The van der Waals surface area contributed by atoms with Crippen molar-refractivity contribution in [3.63, 3.8) is 0 Å². The minimum Gasteiger partial charge on any atom is -0.317 e. The zero-order chi connectivity index (χ0) is 17.9. The monoisotopic (exact) mass is 362 g/mol. The first-order chi connectivity index (χ1) is 11.2. The van der Waals surface area contributed by atoms with Crippen LogP contribution in [0.4, 0.5) is 13.2 Å². The van der Waals surface area contributed by atoms with Gasteiger partial charge in [-0.2, -0.15) is 0 Å². The molecule has 2 N–H and O–H groups in total. The van der Waals surface area contributed by atoms with Crippen LogP contribution >= 0.6 is 0 Å². The quantitative estimate of drug-likeness (QED) is 0.791. The maximum Gasteiger partial charge on any atom is 0.161 e. The molecule has 2 rings (SSSR count). The number of hydrogen-bond donors (Lipinski definition) is 2. The molecule has 0 aliphatic carbocycles. The molecule has 0 saturated carbocycles. The number of benzene rings is 1. The molecule has 1 unspecified atom stereocenters. The van der Waals surface area contributed by atoms with E-state index in [1.807, 2.05) is 20.8 Å². The molecule has 24 heavy (non-hydrogen) atoms. The summed E-state index contributed by atoms with van der Waals surface area (Å²) < 4.78 is 55.7. The molecule has 1 fully saturated rings. The van der Waals surface area contributed by atoms with E-state index in [1.165, 1.54) is 0 Å². The highest BCUT2D eigenvalue weighted by atomic mass is 32.2. The van der Waals surface area contributed by atoms with Crippen LogP contribution in [-0.4, -0.2) is 28.1 Å². The van der Waals surface area contributed by atoms with Crippen molar-refractivity contribution in [2.24, 2.45) is 5.92 Å². The van der Waals surface area contributed by atoms with Crippen molar-refractivity contribution in [2.75, 3.05) is 13.1 Å². The molecule has 1 saturated heterocycles. The maximum atomic E-state index is 14.0. The number of rotatable bonds is 5. The first kappa shape index (κ1) is 19.4. The van der Waals surface area contributed by atoms with E-state index in [-0.39, 0.29) is 23.9 Å². The van der Waals surface area contributed by atoms with Gasteiger partial charge in [0.15, 0.2) is 11.6 Å². The summed E-state index contributed by atoms with van der Waals surface area (Å²) in [6, 6.07) is 1.22. The van der Waals surface area contributed by atoms with E-state index in [0.29, 0.717) is 6.07 Å². The van der Waals surface area contributed by atoms with Crippen LogP contribution in [0.1, 0.15) is 39.2 Å². The Balaban J connectivity index is 2.22. The summed E-state index contributed by atoms with van der Waals surface area (Å²) in [7, 11) is -1.32. The van der Waals surface area contributed by atoms with E-state index in [1.54, 1.807) is 0 Å². The lowest BCUT2D eigenvalue weighted by Crippen LogP contribution is -2.47. The van der Waals surface area contributed by atoms with E-state index in [9.17, 15) is 17.4 Å². The number of piperidine rings is 1. The van der Waals surface area contributed by atoms with Gasteiger partial charge in [-0.1, -0.05) is 0 Å². The Morgan fingerprint density at radius 1 is 1.17 bits per heavy atom. The Kier molecular flexibility index (Phi) is 6.45. The van der Waals surface area contributed by atoms with Crippen LogP contribution in [0.25, 0.3) is 0 Å². The summed E-state index contributed by atoms with van der Waals surface area (Å²) in [5.41, 5.74) is 0.107. The Morgan fingerprint density at radius 2 is 1.75 bits per heavy atom. The summed E-state index contributed by atoms with van der Waals surface area (Å²) in [6.07, 6.45) is 1.91. The van der Waals surface area contributed by atoms with Gasteiger partial charge in [-0.15, -0.1) is 0 Å². The summed E-state index contributed by atoms with van der Waals surface area (Å²) in [5, 5.41) is 3.26. The average molecular weight is 362 g/mol. The standard InChI is InChI=1S/C17H25F3N2OS/c1-17(2,3)24(23)22-16(11-4-6-21-7-5-11)9-12-8-14(19)15(20)10-13(12)18/h8,10-11,16,21-22H,4-7,9H2,1-3H3/t16-,24?/m1/s1. The summed E-state index contributed by atoms with van der Waals surface area (Å²) in [4.78, 5) is 0. The molecule has 0 aromatic heterocycles. The number of hydrogen-bond acceptors (Lipinski definition) is 2. The van der Waals surface area contributed by atoms with E-state index in [4.69, 9.17) is 0 Å². The fourth-order valence-corrected chi connectivity index (χ4v) is 3.73. The van der Waals surface area contributed by atoms with Crippen molar-refractivity contribution < 1.29 is 17.4 Å². The van der Waals surface area contributed by atoms with Gasteiger partial charge in [-0.3, -0.25) is 0 Å². The number of halogens is 3. The molecule has 1 aliphatic heterocycles. The van der Waals surface area contributed by atoms with Gasteiger partial charge in [-0.25, -0.2) is 22.1 Å². The predicted octanol–water partition coefficient (Wildman–Crippen LogP) is 3.07. The van der Waals surface area contributed by atoms with Crippen molar-refractivity contribution in [3.05, 3.63) is 35.1 Å². The first-order valence-electron chi connectivity index (χ1n) is 8.20. The van der Waals surface area contributed by atoms with Gasteiger partial charge in [0.25, 0.3) is 0 Å². The van der Waals surface area contributed by atoms with Gasteiger partial charge in [0.05, 0.1) is 15.7 Å². The van der Waals surface area contributed by atoms with Gasteiger partial charge in [-0.05, 0) is 70.7 Å². The Hall–Kier alpha value is -0.920. The third-order valence-corrected chi connectivity index (χ3v) is 5.93. The molecule has 0 amide bonds. The van der Waals surface area contributed by atoms with Gasteiger partial charge in [0, 0.05) is 12.1 Å². The highest BCUT2D eigenvalue weighted by Gasteiger charge is 2.30. The maximum absolute atomic E-state index is 14.0. The second-order valence-corrected chi connectivity index (χ2v) is 9.25. The largest absolute Gasteiger partial charge is 0.317 e. The molecule has 2 atom stereocenters. The molecule has 0 bridgehead atoms. The minimum atomic E-state index is -1.32. The fraction of sp³-hybridized carbons (Fsp3) is 0.647. The first-order valence-corrected chi connectivity index (χ1v) is 9.35. The van der Waals surface area contributed by atoms with Gasteiger partial charge < -0.3 is 5.32 Å². The number of nitrogens with one attached hydrogen (secondary N) is 2. The van der Waals surface area contributed by atoms with Crippen LogP contribution in [0.3, 0.4) is 0 Å². The lowest BCUT2D eigenvalue weighted by atomic mass is 9.87. The lowest BCUT2D eigenvalue weighted by molar-refractivity contribution is 0.300. The van der Waals surface area contributed by atoms with E-state index < -0.39 is 33.2 Å². The summed E-state index contributed by atoms with van der Waals surface area (Å²) in [6.45, 7) is 7.24. The normalized spacial score (nSPS) is 19.2. The van der Waals surface area contributed by atoms with Crippen LogP contribution in [0.2, 0.25) is 0 Å². The molecule has 1 aromatic carbocycles.